The van der Waals surface area contributed by atoms with Crippen molar-refractivity contribution in [1.82, 2.24) is 29.9 Å². The number of hydrogen-bond acceptors (Lipinski definition) is 44. The summed E-state index contributed by atoms with van der Waals surface area (Å²) in [5.74, 6) is -0.361. The Morgan fingerprint density at radius 3 is 0.542 bits per heavy atom. The van der Waals surface area contributed by atoms with Crippen molar-refractivity contribution in [2.45, 2.75) is 66.9 Å². The van der Waals surface area contributed by atoms with Crippen LogP contribution >= 0.6 is 0 Å². The molecule has 0 atom stereocenters. The first kappa shape index (κ1) is 103. The minimum atomic E-state index is -4.98. The Morgan fingerprint density at radius 2 is 0.361 bits per heavy atom. The molecular formula is C84H70N28O24S8. The van der Waals surface area contributed by atoms with Crippen molar-refractivity contribution < 1.29 is 104 Å². The topological polar surface area (TPSA) is 782 Å². The third kappa shape index (κ3) is 28.2. The Balaban J connectivity index is 0.733. The standard InChI is InChI=1S/C84H70N28O24S8/c1-47-39-55(13-29-67(47)105-109-71-33-17-59(43-75(71)141(125,126)127)101-97-51-5-21-63(22-6-51)137(113,114)115)87-81-91-79(92-82(95-81)88-56-14-30-68(48(2)40-56)106-110-72-34-18-60(44-76(72)142(128,129)130)102-98-52-7-23-64(24-8-52)138(116,117)118)85-37-38-86-80-93-83(89-57-15-31-69(49(3)41-57)107-111-73-35-19-61(45-77(73)143(131,132)133)103-99-53-9-25-65(26-10-53)139(119,120)121)96-84(94-80)90-58-16-32-70(50(4)42-58)108-112-74-36-20-62(46-78(74)144(134,135)136)104-100-54-11-27-66(28-12-54)140(122,123)124/h5-36,39-46H,37-38H2,1-4H3,(H,113,114,115)(H,116,117,118)(H,119,120,121)(H,122,123,124)(H,125,126,127)(H,128,129,130)(H,131,132,133)(H,134,135,136)(H3,85,87,88,91,92,95)(H3,86,89,90,93,94,96). The van der Waals surface area contributed by atoms with Crippen molar-refractivity contribution in [3.63, 3.8) is 0 Å². The van der Waals surface area contributed by atoms with Crippen molar-refractivity contribution in [3.05, 3.63) is 265 Å². The van der Waals surface area contributed by atoms with Gasteiger partial charge in [-0.3, -0.25) is 36.4 Å². The number of hydrogen-bond donors (Lipinski definition) is 14. The first-order chi connectivity index (χ1) is 67.9. The lowest BCUT2D eigenvalue weighted by molar-refractivity contribution is 0.481. The van der Waals surface area contributed by atoms with Gasteiger partial charge in [-0.05, 0) is 293 Å². The molecule has 2 aromatic heterocycles. The van der Waals surface area contributed by atoms with Crippen molar-refractivity contribution in [3.8, 4) is 0 Å². The molecule has 60 heteroatoms. The Morgan fingerprint density at radius 1 is 0.194 bits per heavy atom. The molecule has 2 heterocycles. The quantitative estimate of drug-likeness (QED) is 0.00977. The van der Waals surface area contributed by atoms with Gasteiger partial charge in [0.2, 0.25) is 35.7 Å². The molecular weight excluding hydrogens is 2040 g/mol. The Bertz CT molecular complexity index is 7700. The normalized spacial score (nSPS) is 12.7. The van der Waals surface area contributed by atoms with Crippen LogP contribution in [0.1, 0.15) is 22.3 Å². The maximum absolute atomic E-state index is 12.7. The molecule has 0 aliphatic rings. The summed E-state index contributed by atoms with van der Waals surface area (Å²) in [4.78, 5) is 23.4. The zero-order chi connectivity index (χ0) is 103. The van der Waals surface area contributed by atoms with Gasteiger partial charge in [-0.15, -0.1) is 20.5 Å². The van der Waals surface area contributed by atoms with E-state index in [1.165, 1.54) is 121 Å². The summed E-state index contributed by atoms with van der Waals surface area (Å²) in [6, 6.07) is 51.2. The molecule has 0 radical (unpaired) electrons. The Labute approximate surface area is 817 Å². The highest BCUT2D eigenvalue weighted by molar-refractivity contribution is 7.87. The van der Waals surface area contributed by atoms with E-state index in [4.69, 9.17) is 0 Å². The molecule has 0 unspecified atom stereocenters. The lowest BCUT2D eigenvalue weighted by Gasteiger charge is -2.14. The fourth-order valence-electron chi connectivity index (χ4n) is 12.4. The smallest absolute Gasteiger partial charge is 0.296 e. The summed E-state index contributed by atoms with van der Waals surface area (Å²) in [6.07, 6.45) is 0. The maximum Gasteiger partial charge on any atom is 0.296 e. The summed E-state index contributed by atoms with van der Waals surface area (Å²) < 4.78 is 272. The van der Waals surface area contributed by atoms with Crippen LogP contribution in [-0.2, 0) is 80.9 Å². The molecule has 144 heavy (non-hydrogen) atoms. The van der Waals surface area contributed by atoms with Crippen LogP contribution in [0.2, 0.25) is 0 Å². The van der Waals surface area contributed by atoms with Gasteiger partial charge in [0, 0.05) is 35.8 Å². The van der Waals surface area contributed by atoms with Crippen LogP contribution in [0, 0.1) is 27.7 Å². The second-order valence-electron chi connectivity index (χ2n) is 30.0. The van der Waals surface area contributed by atoms with E-state index in [9.17, 15) is 104 Å². The van der Waals surface area contributed by atoms with E-state index >= 15 is 0 Å². The predicted molar refractivity (Wildman–Crippen MR) is 518 cm³/mol. The van der Waals surface area contributed by atoms with E-state index in [-0.39, 0.29) is 140 Å². The first-order valence-electron chi connectivity index (χ1n) is 40.5. The maximum atomic E-state index is 12.7. The Kier molecular flexibility index (Phi) is 30.8. The van der Waals surface area contributed by atoms with Crippen LogP contribution in [0.5, 0.6) is 0 Å². The SMILES string of the molecule is Cc1cc(Nc2nc(NCCNc3nc(Nc4ccc(N=Nc5ccc(N=Nc6ccc(S(=O)(=O)O)cc6)cc5S(=O)(=O)O)c(C)c4)nc(Nc4ccc(N=Nc5ccc(N=Nc6ccc(S(=O)(=O)O)cc6)cc5S(=O)(=O)O)c(C)c4)n3)nc(Nc3ccc(N=Nc4ccc(N=Nc5ccc(S(=O)(=O)O)cc5)cc4S(=O)(=O)O)c(C)c3)n2)ccc1N=Nc1ccc(N=Nc2ccc(S(=O)(=O)O)cc2)cc1S(=O)(=O)O. The average Bonchev–Trinajstić information content (AvgIpc) is 0.814. The second-order valence-corrected chi connectivity index (χ2v) is 41.2. The lowest BCUT2D eigenvalue weighted by Crippen LogP contribution is -2.18. The molecule has 0 saturated carbocycles. The molecule has 52 nitrogen and oxygen atoms in total. The van der Waals surface area contributed by atoms with E-state index in [0.29, 0.717) is 45.0 Å². The fourth-order valence-corrected chi connectivity index (χ4v) is 16.9. The van der Waals surface area contributed by atoms with Crippen molar-refractivity contribution in [1.29, 1.82) is 0 Å². The van der Waals surface area contributed by atoms with Crippen LogP contribution in [0.25, 0.3) is 0 Å². The number of azo groups is 8. The molecule has 738 valence electrons. The van der Waals surface area contributed by atoms with Gasteiger partial charge in [0.25, 0.3) is 80.9 Å². The van der Waals surface area contributed by atoms with E-state index in [2.05, 4.69) is 144 Å². The number of rotatable bonds is 37. The number of benzene rings is 12. The highest BCUT2D eigenvalue weighted by Gasteiger charge is 2.25. The summed E-state index contributed by atoms with van der Waals surface area (Å²) in [5.41, 5.74) is 3.17. The molecule has 0 amide bonds. The lowest BCUT2D eigenvalue weighted by atomic mass is 10.2. The second kappa shape index (κ2) is 42.9. The third-order valence-corrected chi connectivity index (χ3v) is 26.4. The molecule has 0 fully saturated rings. The van der Waals surface area contributed by atoms with Crippen LogP contribution in [0.15, 0.2) is 364 Å². The summed E-state index contributed by atoms with van der Waals surface area (Å²) in [6.45, 7) is 6.60. The number of nitrogens with one attached hydrogen (secondary N) is 6. The van der Waals surface area contributed by atoms with E-state index in [1.807, 2.05) is 0 Å². The minimum Gasteiger partial charge on any atom is -0.352 e. The number of aromatic nitrogens is 6. The monoisotopic (exact) mass is 2110 g/mol. The van der Waals surface area contributed by atoms with Crippen LogP contribution in [0.3, 0.4) is 0 Å². The molecule has 0 spiro atoms. The number of nitrogens with zero attached hydrogens (tertiary/aromatic N) is 22. The zero-order valence-electron chi connectivity index (χ0n) is 73.7. The van der Waals surface area contributed by atoms with Gasteiger partial charge in [-0.25, -0.2) is 0 Å². The summed E-state index contributed by atoms with van der Waals surface area (Å²) in [5, 5.41) is 84.1. The first-order valence-corrected chi connectivity index (χ1v) is 52.0. The van der Waals surface area contributed by atoms with Gasteiger partial charge in [0.15, 0.2) is 0 Å². The molecule has 0 aliphatic heterocycles. The van der Waals surface area contributed by atoms with Crippen LogP contribution in [-0.4, -0.2) is 147 Å². The zero-order valence-corrected chi connectivity index (χ0v) is 80.3. The fraction of sp³-hybridized carbons (Fsp3) is 0.0714. The average molecular weight is 2110 g/mol. The molecule has 12 aromatic carbocycles. The van der Waals surface area contributed by atoms with Crippen LogP contribution < -0.4 is 31.9 Å². The van der Waals surface area contributed by atoms with Gasteiger partial charge in [0.1, 0.15) is 42.3 Å². The van der Waals surface area contributed by atoms with Crippen molar-refractivity contribution in [2.24, 2.45) is 81.8 Å². The number of aryl methyl sites for hydroxylation is 4. The van der Waals surface area contributed by atoms with E-state index in [0.717, 1.165) is 72.8 Å². The van der Waals surface area contributed by atoms with Crippen molar-refractivity contribution >= 4 is 230 Å². The van der Waals surface area contributed by atoms with E-state index < -0.39 is 120 Å². The predicted octanol–water partition coefficient (Wildman–Crippen LogP) is 21.1. The molecule has 14 rings (SSSR count). The summed E-state index contributed by atoms with van der Waals surface area (Å²) >= 11 is 0. The van der Waals surface area contributed by atoms with Gasteiger partial charge in [-0.1, -0.05) is 0 Å². The summed E-state index contributed by atoms with van der Waals surface area (Å²) in [7, 11) is -38.0. The third-order valence-electron chi connectivity index (χ3n) is 19.4. The van der Waals surface area contributed by atoms with Gasteiger partial charge in [0.05, 0.1) is 87.8 Å². The van der Waals surface area contributed by atoms with Gasteiger partial charge >= 0.3 is 0 Å². The largest absolute Gasteiger partial charge is 0.352 e. The highest BCUT2D eigenvalue weighted by Crippen LogP contribution is 2.41. The molecule has 0 saturated heterocycles. The molecule has 14 aromatic rings. The van der Waals surface area contributed by atoms with Crippen LogP contribution in [0.4, 0.5) is 149 Å². The molecule has 0 bridgehead atoms. The molecule has 0 aliphatic carbocycles. The minimum absolute atomic E-state index is 0.00695. The van der Waals surface area contributed by atoms with Gasteiger partial charge in [-0.2, -0.15) is 159 Å². The highest BCUT2D eigenvalue weighted by atomic mass is 32.2. The van der Waals surface area contributed by atoms with E-state index in [1.54, 1.807) is 76.2 Å². The Hall–Kier alpha value is -16.5. The molecule has 14 N–H and O–H groups in total. The van der Waals surface area contributed by atoms with Crippen molar-refractivity contribution in [2.75, 3.05) is 45.0 Å². The van der Waals surface area contributed by atoms with Gasteiger partial charge < -0.3 is 31.9 Å². The number of anilines is 10.